The minimum atomic E-state index is 0.204. The first-order valence-corrected chi connectivity index (χ1v) is 8.52. The van der Waals surface area contributed by atoms with E-state index in [4.69, 9.17) is 9.47 Å². The van der Waals surface area contributed by atoms with E-state index in [1.165, 1.54) is 0 Å². The lowest BCUT2D eigenvalue weighted by molar-refractivity contribution is 0.157. The summed E-state index contributed by atoms with van der Waals surface area (Å²) < 4.78 is 13.6. The Balaban J connectivity index is 1.74. The van der Waals surface area contributed by atoms with Crippen LogP contribution in [0.3, 0.4) is 0 Å². The molecule has 6 nitrogen and oxygen atoms in total. The first kappa shape index (κ1) is 14.5. The second-order valence-corrected chi connectivity index (χ2v) is 6.42. The normalized spacial score (nSPS) is 15.9. The topological polar surface area (TPSA) is 60.7 Å². The van der Waals surface area contributed by atoms with Crippen LogP contribution >= 0.6 is 11.3 Å². The van der Waals surface area contributed by atoms with Crippen LogP contribution in [0.25, 0.3) is 15.5 Å². The predicted molar refractivity (Wildman–Crippen MR) is 89.4 cm³/mol. The number of hydrogen-bond donors (Lipinski definition) is 1. The van der Waals surface area contributed by atoms with Gasteiger partial charge in [-0.3, -0.25) is 0 Å². The van der Waals surface area contributed by atoms with Gasteiger partial charge in [0.1, 0.15) is 6.10 Å². The van der Waals surface area contributed by atoms with Gasteiger partial charge in [0.05, 0.1) is 18.9 Å². The van der Waals surface area contributed by atoms with Crippen LogP contribution in [0.5, 0.6) is 11.5 Å². The van der Waals surface area contributed by atoms with Gasteiger partial charge in [-0.15, -0.1) is 0 Å². The Morgan fingerprint density at radius 3 is 2.96 bits per heavy atom. The molecule has 120 valence electrons. The Morgan fingerprint density at radius 2 is 2.17 bits per heavy atom. The Labute approximate surface area is 138 Å². The maximum Gasteiger partial charge on any atom is 0.212 e. The number of fused-ring (bicyclic) bond motifs is 1. The van der Waals surface area contributed by atoms with Crippen LogP contribution in [-0.2, 0) is 0 Å². The van der Waals surface area contributed by atoms with Crippen molar-refractivity contribution in [2.45, 2.75) is 18.9 Å². The van der Waals surface area contributed by atoms with Gasteiger partial charge in [0.25, 0.3) is 0 Å². The molecule has 0 radical (unpaired) electrons. The summed E-state index contributed by atoms with van der Waals surface area (Å²) in [6.07, 6.45) is 5.80. The van der Waals surface area contributed by atoms with Crippen LogP contribution in [0.4, 0.5) is 0 Å². The fraction of sp³-hybridized carbons (Fsp3) is 0.375. The van der Waals surface area contributed by atoms with Gasteiger partial charge in [0.15, 0.2) is 16.5 Å². The maximum atomic E-state index is 6.31. The second kappa shape index (κ2) is 6.17. The summed E-state index contributed by atoms with van der Waals surface area (Å²) >= 11 is 1.55. The lowest BCUT2D eigenvalue weighted by Crippen LogP contribution is -2.34. The number of ether oxygens (including phenoxy) is 2. The third-order valence-electron chi connectivity index (χ3n) is 3.98. The molecule has 3 aromatic rings. The monoisotopic (exact) mass is 330 g/mol. The molecule has 2 aromatic heterocycles. The lowest BCUT2D eigenvalue weighted by atomic mass is 10.1. The second-order valence-electron chi connectivity index (χ2n) is 5.47. The summed E-state index contributed by atoms with van der Waals surface area (Å²) in [5.41, 5.74) is 0.957. The average Bonchev–Trinajstić information content (AvgIpc) is 3.17. The van der Waals surface area contributed by atoms with Crippen molar-refractivity contribution in [1.29, 1.82) is 0 Å². The molecular formula is C16H18N4O2S. The Morgan fingerprint density at radius 1 is 1.30 bits per heavy atom. The van der Waals surface area contributed by atoms with Crippen LogP contribution in [0.2, 0.25) is 0 Å². The quantitative estimate of drug-likeness (QED) is 0.797. The van der Waals surface area contributed by atoms with Crippen molar-refractivity contribution in [3.63, 3.8) is 0 Å². The van der Waals surface area contributed by atoms with Crippen molar-refractivity contribution >= 4 is 16.3 Å². The summed E-state index contributed by atoms with van der Waals surface area (Å²) in [4.78, 5) is 5.16. The third kappa shape index (κ3) is 2.77. The number of methoxy groups -OCH3 is 1. The third-order valence-corrected chi connectivity index (χ3v) is 4.95. The minimum absolute atomic E-state index is 0.204. The number of piperidine rings is 1. The number of rotatable bonds is 4. The summed E-state index contributed by atoms with van der Waals surface area (Å²) in [7, 11) is 1.67. The molecule has 1 fully saturated rings. The van der Waals surface area contributed by atoms with E-state index < -0.39 is 0 Å². The summed E-state index contributed by atoms with van der Waals surface area (Å²) in [6, 6.07) is 5.92. The lowest BCUT2D eigenvalue weighted by Gasteiger charge is -2.25. The van der Waals surface area contributed by atoms with Crippen LogP contribution < -0.4 is 14.8 Å². The number of nitrogens with one attached hydrogen (secondary N) is 1. The molecule has 0 atom stereocenters. The summed E-state index contributed by atoms with van der Waals surface area (Å²) in [5, 5.41) is 8.84. The van der Waals surface area contributed by atoms with Gasteiger partial charge in [-0.1, -0.05) is 17.4 Å². The molecule has 7 heteroatoms. The fourth-order valence-corrected chi connectivity index (χ4v) is 3.67. The molecule has 4 rings (SSSR count). The van der Waals surface area contributed by atoms with E-state index in [9.17, 15) is 0 Å². The van der Waals surface area contributed by atoms with Crippen LogP contribution in [0, 0.1) is 0 Å². The molecule has 0 saturated carbocycles. The zero-order chi connectivity index (χ0) is 15.6. The molecule has 1 N–H and O–H groups in total. The number of para-hydroxylation sites is 1. The molecule has 0 aliphatic carbocycles. The zero-order valence-corrected chi connectivity index (χ0v) is 13.7. The average molecular weight is 330 g/mol. The molecule has 23 heavy (non-hydrogen) atoms. The van der Waals surface area contributed by atoms with Gasteiger partial charge < -0.3 is 14.8 Å². The highest BCUT2D eigenvalue weighted by atomic mass is 32.1. The van der Waals surface area contributed by atoms with E-state index in [1.54, 1.807) is 29.2 Å². The highest BCUT2D eigenvalue weighted by Crippen LogP contribution is 2.40. The van der Waals surface area contributed by atoms with E-state index in [0.29, 0.717) is 0 Å². The van der Waals surface area contributed by atoms with Crippen LogP contribution in [0.15, 0.2) is 30.6 Å². The summed E-state index contributed by atoms with van der Waals surface area (Å²) in [5.74, 6) is 1.52. The van der Waals surface area contributed by atoms with Gasteiger partial charge in [-0.25, -0.2) is 9.50 Å². The smallest absolute Gasteiger partial charge is 0.212 e. The number of imidazole rings is 1. The molecule has 1 aliphatic heterocycles. The molecule has 1 saturated heterocycles. The van der Waals surface area contributed by atoms with E-state index in [2.05, 4.69) is 15.4 Å². The Kier molecular flexibility index (Phi) is 3.88. The molecule has 0 amide bonds. The van der Waals surface area contributed by atoms with Crippen molar-refractivity contribution < 1.29 is 9.47 Å². The largest absolute Gasteiger partial charge is 0.493 e. The van der Waals surface area contributed by atoms with Crippen LogP contribution in [0.1, 0.15) is 12.8 Å². The maximum absolute atomic E-state index is 6.31. The molecule has 0 spiro atoms. The molecular weight excluding hydrogens is 312 g/mol. The van der Waals surface area contributed by atoms with Gasteiger partial charge in [0.2, 0.25) is 4.96 Å². The van der Waals surface area contributed by atoms with E-state index in [0.717, 1.165) is 53.0 Å². The Bertz CT molecular complexity index is 779. The van der Waals surface area contributed by atoms with Crippen LogP contribution in [-0.4, -0.2) is 40.9 Å². The number of nitrogens with zero attached hydrogens (tertiary/aromatic N) is 3. The first-order valence-electron chi connectivity index (χ1n) is 7.70. The fourth-order valence-electron chi connectivity index (χ4n) is 2.79. The first-order chi connectivity index (χ1) is 11.3. The molecule has 3 heterocycles. The minimum Gasteiger partial charge on any atom is -0.493 e. The number of benzene rings is 1. The van der Waals surface area contributed by atoms with Crippen molar-refractivity contribution in [2.24, 2.45) is 0 Å². The van der Waals surface area contributed by atoms with Crippen molar-refractivity contribution in [3.8, 4) is 22.1 Å². The predicted octanol–water partition coefficient (Wildman–Crippen LogP) is 2.60. The van der Waals surface area contributed by atoms with E-state index in [-0.39, 0.29) is 6.10 Å². The number of aromatic nitrogens is 3. The van der Waals surface area contributed by atoms with Crippen molar-refractivity contribution in [2.75, 3.05) is 20.2 Å². The van der Waals surface area contributed by atoms with Crippen molar-refractivity contribution in [3.05, 3.63) is 30.6 Å². The molecule has 0 unspecified atom stereocenters. The Hall–Kier alpha value is -2.12. The molecule has 1 aliphatic rings. The summed E-state index contributed by atoms with van der Waals surface area (Å²) in [6.45, 7) is 1.97. The van der Waals surface area contributed by atoms with E-state index >= 15 is 0 Å². The van der Waals surface area contributed by atoms with Gasteiger partial charge in [-0.05, 0) is 38.1 Å². The number of hydrogen-bond acceptors (Lipinski definition) is 6. The van der Waals surface area contributed by atoms with E-state index in [1.807, 2.05) is 24.4 Å². The van der Waals surface area contributed by atoms with Gasteiger partial charge in [-0.2, -0.15) is 5.10 Å². The zero-order valence-electron chi connectivity index (χ0n) is 12.9. The SMILES string of the molecule is COc1cccc(-c2nn3ccnc3s2)c1OC1CCNCC1. The molecule has 0 bridgehead atoms. The van der Waals surface area contributed by atoms with Gasteiger partial charge in [0, 0.05) is 6.20 Å². The van der Waals surface area contributed by atoms with Crippen molar-refractivity contribution in [1.82, 2.24) is 19.9 Å². The van der Waals surface area contributed by atoms with Gasteiger partial charge >= 0.3 is 0 Å². The highest BCUT2D eigenvalue weighted by Gasteiger charge is 2.21. The highest BCUT2D eigenvalue weighted by molar-refractivity contribution is 7.19. The standard InChI is InChI=1S/C16H18N4O2S/c1-21-13-4-2-3-12(14(13)22-11-5-7-17-8-6-11)15-19-20-10-9-18-16(20)23-15/h2-4,9-11,17H,5-8H2,1H3. The molecule has 1 aromatic carbocycles.